The van der Waals surface area contributed by atoms with Gasteiger partial charge in [-0.2, -0.15) is 0 Å². The second-order valence-electron chi connectivity index (χ2n) is 4.29. The number of hydrogen-bond acceptors (Lipinski definition) is 3. The predicted molar refractivity (Wildman–Crippen MR) is 95.0 cm³/mol. The van der Waals surface area contributed by atoms with Gasteiger partial charge in [0, 0.05) is 39.8 Å². The number of hydrogen-bond donors (Lipinski definition) is 0. The molecular formula is C14H14BrINO2SY-. The van der Waals surface area contributed by atoms with Crippen molar-refractivity contribution in [2.45, 2.75) is 10.3 Å². The van der Waals surface area contributed by atoms with Crippen LogP contribution in [0, 0.1) is 6.08 Å². The average Bonchev–Trinajstić information content (AvgIpc) is 2.44. The second-order valence-corrected chi connectivity index (χ2v) is 7.46. The van der Waals surface area contributed by atoms with Crippen molar-refractivity contribution in [2.75, 3.05) is 19.2 Å². The van der Waals surface area contributed by atoms with Crippen molar-refractivity contribution in [2.24, 2.45) is 0 Å². The van der Waals surface area contributed by atoms with Crippen molar-refractivity contribution >= 4 is 61.9 Å². The van der Waals surface area contributed by atoms with Gasteiger partial charge in [0.15, 0.2) is 0 Å². The monoisotopic (exact) mass is 555 g/mol. The van der Waals surface area contributed by atoms with E-state index in [1.807, 2.05) is 24.5 Å². The summed E-state index contributed by atoms with van der Waals surface area (Å²) in [7, 11) is 1.79. The number of amides is 1. The predicted octanol–water partition coefficient (Wildman–Crippen LogP) is 3.96. The van der Waals surface area contributed by atoms with Crippen LogP contribution in [-0.4, -0.2) is 34.0 Å². The summed E-state index contributed by atoms with van der Waals surface area (Å²) in [6.45, 7) is 0. The summed E-state index contributed by atoms with van der Waals surface area (Å²) < 4.78 is 6.45. The fraction of sp³-hybridized carbons (Fsp3) is 0.357. The third-order valence-corrected chi connectivity index (χ3v) is 4.90. The van der Waals surface area contributed by atoms with Crippen molar-refractivity contribution in [3.05, 3.63) is 34.3 Å². The molecule has 1 aliphatic rings. The molecule has 0 saturated heterocycles. The molecule has 1 atom stereocenters. The summed E-state index contributed by atoms with van der Waals surface area (Å²) in [5.74, 6) is 1.55. The number of halogens is 2. The molecular weight excluding hydrogens is 542 g/mol. The molecule has 1 aliphatic heterocycles. The molecule has 0 aliphatic carbocycles. The third-order valence-electron chi connectivity index (χ3n) is 2.92. The standard InChI is InChI=1S/C14H14BrINO2S.Y/c1-17-13(6-5-12(16)14(17)18)10-4-3-9(7-11(10)15)19-8-20-2;/h3-4,7,12H,5,8H2,1-2H3;/q-1;. The van der Waals surface area contributed by atoms with Gasteiger partial charge in [0.2, 0.25) is 5.91 Å². The fourth-order valence-corrected chi connectivity index (χ4v) is 3.33. The smallest absolute Gasteiger partial charge is 0.235 e. The van der Waals surface area contributed by atoms with Gasteiger partial charge < -0.3 is 9.64 Å². The van der Waals surface area contributed by atoms with Crippen LogP contribution in [0.15, 0.2) is 22.7 Å². The van der Waals surface area contributed by atoms with Crippen LogP contribution in [0.25, 0.3) is 5.70 Å². The van der Waals surface area contributed by atoms with Crippen LogP contribution in [0.3, 0.4) is 0 Å². The number of benzene rings is 1. The minimum absolute atomic E-state index is 0. The van der Waals surface area contributed by atoms with E-state index in [9.17, 15) is 4.79 Å². The van der Waals surface area contributed by atoms with Gasteiger partial charge >= 0.3 is 0 Å². The molecule has 7 heteroatoms. The average molecular weight is 556 g/mol. The second kappa shape index (κ2) is 9.25. The molecule has 111 valence electrons. The fourth-order valence-electron chi connectivity index (χ4n) is 1.89. The summed E-state index contributed by atoms with van der Waals surface area (Å²) in [4.78, 5) is 13.7. The molecule has 2 rings (SSSR count). The molecule has 1 amide bonds. The van der Waals surface area contributed by atoms with Gasteiger partial charge in [0.1, 0.15) is 11.7 Å². The van der Waals surface area contributed by atoms with Crippen molar-refractivity contribution in [1.82, 2.24) is 4.90 Å². The van der Waals surface area contributed by atoms with E-state index in [2.05, 4.69) is 44.6 Å². The largest absolute Gasteiger partial charge is 0.483 e. The first-order valence-corrected chi connectivity index (χ1v) is 9.42. The summed E-state index contributed by atoms with van der Waals surface area (Å²) >= 11 is 7.33. The SMILES string of the molecule is CSCOc1ccc(C2=[C-]CC(I)C(=O)N2C)c(Br)c1.[Y]. The molecule has 0 bridgehead atoms. The molecule has 1 heterocycles. The van der Waals surface area contributed by atoms with Crippen LogP contribution in [0.5, 0.6) is 5.75 Å². The van der Waals surface area contributed by atoms with Crippen molar-refractivity contribution in [1.29, 1.82) is 0 Å². The van der Waals surface area contributed by atoms with Gasteiger partial charge in [-0.25, -0.2) is 6.08 Å². The number of alkyl halides is 1. The zero-order valence-corrected chi connectivity index (χ0v) is 19.1. The Labute approximate surface area is 176 Å². The van der Waals surface area contributed by atoms with E-state index in [1.165, 1.54) is 0 Å². The molecule has 21 heavy (non-hydrogen) atoms. The van der Waals surface area contributed by atoms with Gasteiger partial charge in [-0.3, -0.25) is 4.79 Å². The summed E-state index contributed by atoms with van der Waals surface area (Å²) in [6, 6.07) is 5.80. The maximum Gasteiger partial charge on any atom is 0.235 e. The maximum atomic E-state index is 12.0. The molecule has 0 aromatic heterocycles. The number of ether oxygens (including phenoxy) is 1. The Bertz CT molecular complexity index is 556. The van der Waals surface area contributed by atoms with Crippen LogP contribution in [0.4, 0.5) is 0 Å². The number of carbonyl (C=O) groups is 1. The molecule has 0 N–H and O–H groups in total. The van der Waals surface area contributed by atoms with E-state index in [0.29, 0.717) is 12.4 Å². The van der Waals surface area contributed by atoms with Gasteiger partial charge in [-0.05, 0) is 18.4 Å². The zero-order chi connectivity index (χ0) is 14.7. The van der Waals surface area contributed by atoms with Crippen LogP contribution in [-0.2, 0) is 37.5 Å². The van der Waals surface area contributed by atoms with Crippen molar-refractivity contribution < 1.29 is 42.2 Å². The number of thioether (sulfide) groups is 1. The van der Waals surface area contributed by atoms with E-state index in [1.54, 1.807) is 23.7 Å². The Balaban J connectivity index is 0.00000220. The molecule has 3 nitrogen and oxygen atoms in total. The molecule has 0 saturated carbocycles. The minimum atomic E-state index is -0.0238. The van der Waals surface area contributed by atoms with Crippen molar-refractivity contribution in [3.8, 4) is 5.75 Å². The number of nitrogens with zero attached hydrogens (tertiary/aromatic N) is 1. The quantitative estimate of drug-likeness (QED) is 0.244. The molecule has 1 aromatic rings. The number of rotatable bonds is 4. The van der Waals surface area contributed by atoms with Crippen LogP contribution in [0.2, 0.25) is 0 Å². The van der Waals surface area contributed by atoms with Crippen molar-refractivity contribution in [3.63, 3.8) is 0 Å². The van der Waals surface area contributed by atoms with Gasteiger partial charge in [-0.1, -0.05) is 49.4 Å². The first-order chi connectivity index (χ1) is 9.54. The molecule has 0 spiro atoms. The Kier molecular flexibility index (Phi) is 8.79. The molecule has 1 aromatic carbocycles. The van der Waals surface area contributed by atoms with Crippen LogP contribution < -0.4 is 4.74 Å². The van der Waals surface area contributed by atoms with E-state index in [4.69, 9.17) is 4.74 Å². The number of carbonyl (C=O) groups excluding carboxylic acids is 1. The van der Waals surface area contributed by atoms with Crippen LogP contribution in [0.1, 0.15) is 12.0 Å². The van der Waals surface area contributed by atoms with E-state index >= 15 is 0 Å². The summed E-state index contributed by atoms with van der Waals surface area (Å²) in [5, 5.41) is 0. The first kappa shape index (κ1) is 19.9. The zero-order valence-electron chi connectivity index (χ0n) is 11.7. The maximum absolute atomic E-state index is 12.0. The van der Waals surface area contributed by atoms with Crippen LogP contribution >= 0.6 is 50.3 Å². The summed E-state index contributed by atoms with van der Waals surface area (Å²) in [5.41, 5.74) is 1.78. The molecule has 1 radical (unpaired) electrons. The third kappa shape index (κ3) is 4.93. The topological polar surface area (TPSA) is 29.5 Å². The first-order valence-electron chi connectivity index (χ1n) is 5.98. The normalized spacial score (nSPS) is 18.1. The Hall–Kier alpha value is 0.894. The Morgan fingerprint density at radius 3 is 2.90 bits per heavy atom. The minimum Gasteiger partial charge on any atom is -0.483 e. The van der Waals surface area contributed by atoms with E-state index < -0.39 is 0 Å². The summed E-state index contributed by atoms with van der Waals surface area (Å²) in [6.07, 6.45) is 5.95. The molecule has 1 unspecified atom stereocenters. The van der Waals surface area contributed by atoms with Gasteiger partial charge in [0.25, 0.3) is 0 Å². The molecule has 0 fully saturated rings. The Morgan fingerprint density at radius 2 is 2.29 bits per heavy atom. The van der Waals surface area contributed by atoms with E-state index in [-0.39, 0.29) is 42.5 Å². The van der Waals surface area contributed by atoms with Gasteiger partial charge in [0.05, 0.1) is 3.92 Å². The van der Waals surface area contributed by atoms with Gasteiger partial charge in [-0.15, -0.1) is 29.1 Å². The Morgan fingerprint density at radius 1 is 1.57 bits per heavy atom. The number of allylic oxidation sites excluding steroid dienone is 1. The van der Waals surface area contributed by atoms with E-state index in [0.717, 1.165) is 21.5 Å².